The van der Waals surface area contributed by atoms with Crippen molar-refractivity contribution in [2.75, 3.05) is 5.32 Å². The molecule has 1 amide bonds. The molecule has 3 heteroatoms. The normalized spacial score (nSPS) is 10.3. The summed E-state index contributed by atoms with van der Waals surface area (Å²) in [5, 5.41) is 2.89. The lowest BCUT2D eigenvalue weighted by atomic mass is 10.0. The van der Waals surface area contributed by atoms with Gasteiger partial charge in [-0.15, -0.1) is 0 Å². The first-order valence-electron chi connectivity index (χ1n) is 6.16. The maximum atomic E-state index is 11.9. The zero-order chi connectivity index (χ0) is 13.8. The van der Waals surface area contributed by atoms with E-state index in [9.17, 15) is 4.79 Å². The highest BCUT2D eigenvalue weighted by Crippen LogP contribution is 2.15. The highest BCUT2D eigenvalue weighted by Gasteiger charge is 2.05. The number of amides is 1. The van der Waals surface area contributed by atoms with Gasteiger partial charge < -0.3 is 5.32 Å². The van der Waals surface area contributed by atoms with Crippen molar-refractivity contribution in [1.82, 2.24) is 0 Å². The molecule has 19 heavy (non-hydrogen) atoms. The number of rotatable bonds is 3. The van der Waals surface area contributed by atoms with Crippen LogP contribution in [-0.2, 0) is 11.2 Å². The minimum atomic E-state index is 0.00516. The van der Waals surface area contributed by atoms with Crippen LogP contribution in [0.3, 0.4) is 0 Å². The molecule has 0 radical (unpaired) electrons. The smallest absolute Gasteiger partial charge is 0.228 e. The molecule has 0 atom stereocenters. The van der Waals surface area contributed by atoms with E-state index in [4.69, 9.17) is 0 Å². The number of benzene rings is 2. The molecule has 0 bridgehead atoms. The molecule has 0 spiro atoms. The van der Waals surface area contributed by atoms with Crippen molar-refractivity contribution in [3.05, 3.63) is 63.6 Å². The Morgan fingerprint density at radius 3 is 2.37 bits per heavy atom. The highest BCUT2D eigenvalue weighted by molar-refractivity contribution is 9.10. The first kappa shape index (κ1) is 13.8. The van der Waals surface area contributed by atoms with Gasteiger partial charge in [-0.25, -0.2) is 0 Å². The molecule has 2 aromatic carbocycles. The Morgan fingerprint density at radius 2 is 1.74 bits per heavy atom. The van der Waals surface area contributed by atoms with Crippen LogP contribution in [0.5, 0.6) is 0 Å². The number of halogens is 1. The summed E-state index contributed by atoms with van der Waals surface area (Å²) >= 11 is 3.37. The Balaban J connectivity index is 2.01. The summed E-state index contributed by atoms with van der Waals surface area (Å²) in [6, 6.07) is 13.7. The van der Waals surface area contributed by atoms with Gasteiger partial charge in [0.2, 0.25) is 5.91 Å². The predicted molar refractivity (Wildman–Crippen MR) is 82.4 cm³/mol. The molecule has 0 saturated heterocycles. The van der Waals surface area contributed by atoms with E-state index >= 15 is 0 Å². The van der Waals surface area contributed by atoms with E-state index in [2.05, 4.69) is 47.2 Å². The van der Waals surface area contributed by atoms with Gasteiger partial charge in [0, 0.05) is 10.2 Å². The lowest BCUT2D eigenvalue weighted by Gasteiger charge is -2.07. The van der Waals surface area contributed by atoms with Crippen molar-refractivity contribution in [2.45, 2.75) is 20.3 Å². The summed E-state index contributed by atoms with van der Waals surface area (Å²) in [6.45, 7) is 4.13. The first-order chi connectivity index (χ1) is 9.04. The summed E-state index contributed by atoms with van der Waals surface area (Å²) in [4.78, 5) is 11.9. The van der Waals surface area contributed by atoms with Gasteiger partial charge in [-0.05, 0) is 54.8 Å². The van der Waals surface area contributed by atoms with Crippen molar-refractivity contribution in [3.63, 3.8) is 0 Å². The van der Waals surface area contributed by atoms with E-state index in [1.807, 2.05) is 30.3 Å². The summed E-state index contributed by atoms with van der Waals surface area (Å²) in [5.41, 5.74) is 4.32. The number of carbonyl (C=O) groups excluding carboxylic acids is 1. The average molecular weight is 318 g/mol. The molecule has 0 aromatic heterocycles. The van der Waals surface area contributed by atoms with E-state index < -0.39 is 0 Å². The Morgan fingerprint density at radius 1 is 1.05 bits per heavy atom. The van der Waals surface area contributed by atoms with E-state index in [1.54, 1.807) is 0 Å². The summed E-state index contributed by atoms with van der Waals surface area (Å²) in [7, 11) is 0. The van der Waals surface area contributed by atoms with Crippen LogP contribution in [0.4, 0.5) is 5.69 Å². The van der Waals surface area contributed by atoms with Crippen LogP contribution in [0.1, 0.15) is 16.7 Å². The third kappa shape index (κ3) is 3.93. The fourth-order valence-corrected chi connectivity index (χ4v) is 2.10. The fraction of sp³-hybridized carbons (Fsp3) is 0.188. The van der Waals surface area contributed by atoms with Gasteiger partial charge in [-0.3, -0.25) is 4.79 Å². The Bertz CT molecular complexity index is 590. The largest absolute Gasteiger partial charge is 0.326 e. The number of hydrogen-bond donors (Lipinski definition) is 1. The molecule has 0 unspecified atom stereocenters. The predicted octanol–water partition coefficient (Wildman–Crippen LogP) is 4.25. The van der Waals surface area contributed by atoms with Crippen LogP contribution < -0.4 is 5.32 Å². The third-order valence-corrected chi connectivity index (χ3v) is 3.59. The molecular formula is C16H16BrNO. The molecule has 0 saturated carbocycles. The Kier molecular flexibility index (Phi) is 4.38. The third-order valence-electron chi connectivity index (χ3n) is 3.06. The van der Waals surface area contributed by atoms with E-state index in [1.165, 1.54) is 11.1 Å². The second kappa shape index (κ2) is 6.02. The van der Waals surface area contributed by atoms with Crippen LogP contribution in [0.15, 0.2) is 46.9 Å². The van der Waals surface area contributed by atoms with Gasteiger partial charge in [-0.2, -0.15) is 0 Å². The molecule has 0 heterocycles. The zero-order valence-electron chi connectivity index (χ0n) is 11.0. The minimum Gasteiger partial charge on any atom is -0.326 e. The second-order valence-corrected chi connectivity index (χ2v) is 5.57. The molecule has 0 aliphatic rings. The number of hydrogen-bond acceptors (Lipinski definition) is 1. The molecule has 2 nitrogen and oxygen atoms in total. The van der Waals surface area contributed by atoms with Crippen LogP contribution >= 0.6 is 15.9 Å². The minimum absolute atomic E-state index is 0.00516. The van der Waals surface area contributed by atoms with Gasteiger partial charge in [0.05, 0.1) is 6.42 Å². The summed E-state index contributed by atoms with van der Waals surface area (Å²) in [6.07, 6.45) is 0.400. The molecular weight excluding hydrogens is 302 g/mol. The van der Waals surface area contributed by atoms with Crippen LogP contribution in [0.25, 0.3) is 0 Å². The Labute approximate surface area is 122 Å². The van der Waals surface area contributed by atoms with Crippen LogP contribution in [-0.4, -0.2) is 5.91 Å². The molecule has 0 fully saturated rings. The molecule has 0 aliphatic heterocycles. The van der Waals surface area contributed by atoms with Crippen molar-refractivity contribution < 1.29 is 4.79 Å². The van der Waals surface area contributed by atoms with Crippen molar-refractivity contribution in [1.29, 1.82) is 0 Å². The van der Waals surface area contributed by atoms with Gasteiger partial charge in [0.15, 0.2) is 0 Å². The molecule has 98 valence electrons. The SMILES string of the molecule is Cc1ccc(CC(=O)Nc2ccc(Br)cc2)cc1C. The van der Waals surface area contributed by atoms with Crippen LogP contribution in [0, 0.1) is 13.8 Å². The van der Waals surface area contributed by atoms with E-state index in [-0.39, 0.29) is 5.91 Å². The second-order valence-electron chi connectivity index (χ2n) is 4.65. The van der Waals surface area contributed by atoms with Crippen molar-refractivity contribution in [3.8, 4) is 0 Å². The van der Waals surface area contributed by atoms with Gasteiger partial charge in [0.1, 0.15) is 0 Å². The van der Waals surface area contributed by atoms with Crippen molar-refractivity contribution >= 4 is 27.5 Å². The zero-order valence-corrected chi connectivity index (χ0v) is 12.6. The van der Waals surface area contributed by atoms with Gasteiger partial charge >= 0.3 is 0 Å². The highest BCUT2D eigenvalue weighted by atomic mass is 79.9. The maximum absolute atomic E-state index is 11.9. The van der Waals surface area contributed by atoms with E-state index in [0.717, 1.165) is 15.7 Å². The Hall–Kier alpha value is -1.61. The standard InChI is InChI=1S/C16H16BrNO/c1-11-3-4-13(9-12(11)2)10-16(19)18-15-7-5-14(17)6-8-15/h3-9H,10H2,1-2H3,(H,18,19). The lowest BCUT2D eigenvalue weighted by molar-refractivity contribution is -0.115. The number of aryl methyl sites for hydroxylation is 2. The number of anilines is 1. The van der Waals surface area contributed by atoms with E-state index in [0.29, 0.717) is 6.42 Å². The fourth-order valence-electron chi connectivity index (χ4n) is 1.84. The number of nitrogens with one attached hydrogen (secondary N) is 1. The molecule has 0 aliphatic carbocycles. The quantitative estimate of drug-likeness (QED) is 0.901. The van der Waals surface area contributed by atoms with Gasteiger partial charge in [0.25, 0.3) is 0 Å². The monoisotopic (exact) mass is 317 g/mol. The van der Waals surface area contributed by atoms with Gasteiger partial charge in [-0.1, -0.05) is 34.1 Å². The average Bonchev–Trinajstić information content (AvgIpc) is 2.37. The molecule has 2 rings (SSSR count). The maximum Gasteiger partial charge on any atom is 0.228 e. The summed E-state index contributed by atoms with van der Waals surface area (Å²) < 4.78 is 1.000. The number of carbonyl (C=O) groups is 1. The van der Waals surface area contributed by atoms with Crippen LogP contribution in [0.2, 0.25) is 0 Å². The molecule has 1 N–H and O–H groups in total. The topological polar surface area (TPSA) is 29.1 Å². The first-order valence-corrected chi connectivity index (χ1v) is 6.95. The lowest BCUT2D eigenvalue weighted by Crippen LogP contribution is -2.14. The van der Waals surface area contributed by atoms with Crippen molar-refractivity contribution in [2.24, 2.45) is 0 Å². The summed E-state index contributed by atoms with van der Waals surface area (Å²) in [5.74, 6) is 0.00516. The molecule has 2 aromatic rings.